The molecule has 2 fully saturated rings. The SMILES string of the molecule is O=C1CCN(c2ccc(OCC(=O)N3CCNCC3)cc2)C(=O)N1. The maximum atomic E-state index is 12.0. The van der Waals surface area contributed by atoms with Gasteiger partial charge >= 0.3 is 6.03 Å². The Morgan fingerprint density at radius 2 is 1.79 bits per heavy atom. The summed E-state index contributed by atoms with van der Waals surface area (Å²) in [6.45, 7) is 3.36. The predicted octanol–water partition coefficient (Wildman–Crippen LogP) is -0.0565. The Morgan fingerprint density at radius 1 is 1.08 bits per heavy atom. The number of urea groups is 1. The number of rotatable bonds is 4. The molecule has 2 saturated heterocycles. The van der Waals surface area contributed by atoms with Gasteiger partial charge in [-0.3, -0.25) is 19.8 Å². The summed E-state index contributed by atoms with van der Waals surface area (Å²) in [5.74, 6) is 0.271. The molecule has 0 spiro atoms. The fraction of sp³-hybridized carbons (Fsp3) is 0.438. The number of nitrogens with zero attached hydrogens (tertiary/aromatic N) is 2. The fourth-order valence-corrected chi connectivity index (χ4v) is 2.68. The summed E-state index contributed by atoms with van der Waals surface area (Å²) in [5.41, 5.74) is 0.681. The van der Waals surface area contributed by atoms with Crippen LogP contribution in [-0.4, -0.2) is 62.1 Å². The molecule has 2 aliphatic rings. The van der Waals surface area contributed by atoms with Gasteiger partial charge in [-0.05, 0) is 24.3 Å². The molecule has 2 N–H and O–H groups in total. The molecule has 2 aliphatic heterocycles. The molecule has 1 aromatic rings. The normalized spacial score (nSPS) is 18.3. The van der Waals surface area contributed by atoms with Crippen LogP contribution in [0.2, 0.25) is 0 Å². The number of imide groups is 1. The van der Waals surface area contributed by atoms with Gasteiger partial charge in [-0.1, -0.05) is 0 Å². The minimum absolute atomic E-state index is 0.00194. The van der Waals surface area contributed by atoms with E-state index in [4.69, 9.17) is 4.74 Å². The quantitative estimate of drug-likeness (QED) is 0.806. The van der Waals surface area contributed by atoms with Gasteiger partial charge in [0.1, 0.15) is 5.75 Å². The number of carbonyl (C=O) groups excluding carboxylic acids is 3. The molecular weight excluding hydrogens is 312 g/mol. The standard InChI is InChI=1S/C16H20N4O4/c21-14-5-8-20(16(23)18-14)12-1-3-13(4-2-12)24-11-15(22)19-9-6-17-7-10-19/h1-4,17H,5-11H2,(H,18,21,23). The number of carbonyl (C=O) groups is 3. The van der Waals surface area contributed by atoms with Crippen molar-refractivity contribution in [3.8, 4) is 5.75 Å². The van der Waals surface area contributed by atoms with Crippen LogP contribution < -0.4 is 20.3 Å². The highest BCUT2D eigenvalue weighted by atomic mass is 16.5. The van der Waals surface area contributed by atoms with E-state index in [1.54, 1.807) is 29.2 Å². The van der Waals surface area contributed by atoms with Crippen LogP contribution in [0, 0.1) is 0 Å². The highest BCUT2D eigenvalue weighted by molar-refractivity contribution is 6.05. The van der Waals surface area contributed by atoms with Crippen LogP contribution in [0.4, 0.5) is 10.5 Å². The van der Waals surface area contributed by atoms with Gasteiger partial charge in [-0.25, -0.2) is 4.79 Å². The number of nitrogens with one attached hydrogen (secondary N) is 2. The maximum Gasteiger partial charge on any atom is 0.328 e. The maximum absolute atomic E-state index is 12.0. The third-order valence-electron chi connectivity index (χ3n) is 4.03. The zero-order valence-electron chi connectivity index (χ0n) is 13.3. The molecule has 0 aromatic heterocycles. The second kappa shape index (κ2) is 7.31. The zero-order valence-corrected chi connectivity index (χ0v) is 13.3. The lowest BCUT2D eigenvalue weighted by Crippen LogP contribution is -2.49. The topological polar surface area (TPSA) is 91.0 Å². The molecule has 0 saturated carbocycles. The Hall–Kier alpha value is -2.61. The third-order valence-corrected chi connectivity index (χ3v) is 4.03. The lowest BCUT2D eigenvalue weighted by atomic mass is 10.2. The number of hydrogen-bond donors (Lipinski definition) is 2. The van der Waals surface area contributed by atoms with Crippen molar-refractivity contribution in [1.82, 2.24) is 15.5 Å². The largest absolute Gasteiger partial charge is 0.484 e. The molecule has 8 nitrogen and oxygen atoms in total. The number of ether oxygens (including phenoxy) is 1. The molecule has 128 valence electrons. The Kier molecular flexibility index (Phi) is 4.95. The molecule has 0 radical (unpaired) electrons. The minimum Gasteiger partial charge on any atom is -0.484 e. The molecule has 1 aromatic carbocycles. The zero-order chi connectivity index (χ0) is 16.9. The number of hydrogen-bond acceptors (Lipinski definition) is 5. The van der Waals surface area contributed by atoms with E-state index < -0.39 is 6.03 Å². The van der Waals surface area contributed by atoms with E-state index in [1.165, 1.54) is 4.90 Å². The predicted molar refractivity (Wildman–Crippen MR) is 86.9 cm³/mol. The van der Waals surface area contributed by atoms with Gasteiger partial charge in [-0.15, -0.1) is 0 Å². The Bertz CT molecular complexity index is 625. The van der Waals surface area contributed by atoms with Crippen molar-refractivity contribution in [3.63, 3.8) is 0 Å². The number of anilines is 1. The summed E-state index contributed by atoms with van der Waals surface area (Å²) in [5, 5.41) is 5.47. The highest BCUT2D eigenvalue weighted by Crippen LogP contribution is 2.21. The van der Waals surface area contributed by atoms with Gasteiger partial charge in [0, 0.05) is 44.8 Å². The van der Waals surface area contributed by atoms with Crippen LogP contribution in [0.25, 0.3) is 0 Å². The van der Waals surface area contributed by atoms with Gasteiger partial charge in [-0.2, -0.15) is 0 Å². The van der Waals surface area contributed by atoms with Crippen LogP contribution in [0.15, 0.2) is 24.3 Å². The number of piperazine rings is 1. The number of amides is 4. The van der Waals surface area contributed by atoms with Crippen LogP contribution in [0.1, 0.15) is 6.42 Å². The van der Waals surface area contributed by atoms with Crippen molar-refractivity contribution in [2.45, 2.75) is 6.42 Å². The minimum atomic E-state index is -0.422. The first-order valence-corrected chi connectivity index (χ1v) is 7.96. The van der Waals surface area contributed by atoms with Crippen molar-refractivity contribution in [1.29, 1.82) is 0 Å². The van der Waals surface area contributed by atoms with E-state index in [9.17, 15) is 14.4 Å². The Labute approximate surface area is 139 Å². The monoisotopic (exact) mass is 332 g/mol. The summed E-state index contributed by atoms with van der Waals surface area (Å²) < 4.78 is 5.52. The van der Waals surface area contributed by atoms with Crippen molar-refractivity contribution >= 4 is 23.5 Å². The first-order valence-electron chi connectivity index (χ1n) is 7.96. The second-order valence-electron chi connectivity index (χ2n) is 5.67. The van der Waals surface area contributed by atoms with Gasteiger partial charge in [0.15, 0.2) is 6.61 Å². The van der Waals surface area contributed by atoms with Crippen LogP contribution in [0.5, 0.6) is 5.75 Å². The first-order chi connectivity index (χ1) is 11.6. The molecule has 0 aliphatic carbocycles. The van der Waals surface area contributed by atoms with Gasteiger partial charge in [0.25, 0.3) is 5.91 Å². The molecule has 4 amide bonds. The van der Waals surface area contributed by atoms with E-state index in [0.717, 1.165) is 13.1 Å². The first kappa shape index (κ1) is 16.3. The summed E-state index contributed by atoms with van der Waals surface area (Å²) >= 11 is 0. The van der Waals surface area contributed by atoms with Gasteiger partial charge in [0.05, 0.1) is 0 Å². The molecule has 24 heavy (non-hydrogen) atoms. The second-order valence-corrected chi connectivity index (χ2v) is 5.67. The van der Waals surface area contributed by atoms with E-state index in [0.29, 0.717) is 31.1 Å². The average molecular weight is 332 g/mol. The van der Waals surface area contributed by atoms with E-state index in [2.05, 4.69) is 10.6 Å². The Balaban J connectivity index is 1.53. The molecule has 0 atom stereocenters. The third kappa shape index (κ3) is 3.83. The summed E-state index contributed by atoms with van der Waals surface area (Å²) in [4.78, 5) is 38.3. The molecule has 3 rings (SSSR count). The summed E-state index contributed by atoms with van der Waals surface area (Å²) in [6.07, 6.45) is 0.281. The summed E-state index contributed by atoms with van der Waals surface area (Å²) in [7, 11) is 0. The average Bonchev–Trinajstić information content (AvgIpc) is 2.61. The molecule has 2 heterocycles. The van der Waals surface area contributed by atoms with E-state index >= 15 is 0 Å². The molecule has 0 bridgehead atoms. The van der Waals surface area contributed by atoms with Crippen LogP contribution >= 0.6 is 0 Å². The highest BCUT2D eigenvalue weighted by Gasteiger charge is 2.24. The molecular formula is C16H20N4O4. The van der Waals surface area contributed by atoms with Gasteiger partial charge in [0.2, 0.25) is 5.91 Å². The Morgan fingerprint density at radius 3 is 2.46 bits per heavy atom. The van der Waals surface area contributed by atoms with E-state index in [1.807, 2.05) is 0 Å². The lowest BCUT2D eigenvalue weighted by molar-refractivity contribution is -0.133. The molecule has 0 unspecified atom stereocenters. The van der Waals surface area contributed by atoms with Crippen molar-refractivity contribution < 1.29 is 19.1 Å². The smallest absolute Gasteiger partial charge is 0.328 e. The van der Waals surface area contributed by atoms with Crippen molar-refractivity contribution in [2.24, 2.45) is 0 Å². The van der Waals surface area contributed by atoms with Crippen LogP contribution in [-0.2, 0) is 9.59 Å². The van der Waals surface area contributed by atoms with Crippen molar-refractivity contribution in [2.75, 3.05) is 44.2 Å². The number of benzene rings is 1. The van der Waals surface area contributed by atoms with Crippen LogP contribution in [0.3, 0.4) is 0 Å². The molecule has 8 heteroatoms. The summed E-state index contributed by atoms with van der Waals surface area (Å²) in [6, 6.07) is 6.47. The van der Waals surface area contributed by atoms with E-state index in [-0.39, 0.29) is 24.8 Å². The lowest BCUT2D eigenvalue weighted by Gasteiger charge is -2.27. The van der Waals surface area contributed by atoms with Crippen molar-refractivity contribution in [3.05, 3.63) is 24.3 Å². The van der Waals surface area contributed by atoms with Gasteiger partial charge < -0.3 is 15.0 Å². The fourth-order valence-electron chi connectivity index (χ4n) is 2.68.